The molecule has 0 aromatic heterocycles. The summed E-state index contributed by atoms with van der Waals surface area (Å²) in [6, 6.07) is 3.73. The molecule has 0 radical (unpaired) electrons. The van der Waals surface area contributed by atoms with Crippen molar-refractivity contribution in [3.05, 3.63) is 24.3 Å². The van der Waals surface area contributed by atoms with Crippen molar-refractivity contribution in [2.75, 3.05) is 0 Å². The zero-order chi connectivity index (χ0) is 11.5. The minimum atomic E-state index is -4.79. The second-order valence-electron chi connectivity index (χ2n) is 2.36. The van der Waals surface area contributed by atoms with Gasteiger partial charge in [-0.2, -0.15) is 0 Å². The van der Waals surface area contributed by atoms with Crippen LogP contribution in [0.4, 0.5) is 22.4 Å². The first kappa shape index (κ1) is 11.3. The average Bonchev–Trinajstić information content (AvgIpc) is 2.05. The van der Waals surface area contributed by atoms with Gasteiger partial charge in [0.25, 0.3) is 0 Å². The lowest BCUT2D eigenvalue weighted by atomic mass is 10.3. The maximum absolute atomic E-state index is 11.7. The second-order valence-corrected chi connectivity index (χ2v) is 2.36. The third-order valence-electron chi connectivity index (χ3n) is 1.26. The van der Waals surface area contributed by atoms with Gasteiger partial charge in [-0.15, -0.1) is 17.6 Å². The van der Waals surface area contributed by atoms with Crippen LogP contribution < -0.4 is 9.47 Å². The van der Waals surface area contributed by atoms with Crippen LogP contribution in [0.15, 0.2) is 24.3 Å². The van der Waals surface area contributed by atoms with Crippen LogP contribution >= 0.6 is 0 Å². The van der Waals surface area contributed by atoms with Crippen LogP contribution in [0.3, 0.4) is 0 Å². The van der Waals surface area contributed by atoms with Gasteiger partial charge in [0.1, 0.15) is 11.5 Å². The molecular formula is C8H4F4O3. The van der Waals surface area contributed by atoms with Crippen LogP contribution in [0.1, 0.15) is 0 Å². The molecule has 0 saturated carbocycles. The van der Waals surface area contributed by atoms with Gasteiger partial charge >= 0.3 is 12.6 Å². The number of hydrogen-bond acceptors (Lipinski definition) is 3. The smallest absolute Gasteiger partial charge is 0.406 e. The standard InChI is InChI=1S/C8H4F4O3/c9-7(13)14-5-1-3-6(4-2-5)15-8(10,11)12/h1-4H. The minimum Gasteiger partial charge on any atom is -0.406 e. The number of halogens is 4. The van der Waals surface area contributed by atoms with Crippen LogP contribution in [0.2, 0.25) is 0 Å². The van der Waals surface area contributed by atoms with Gasteiger partial charge in [0.15, 0.2) is 0 Å². The number of ether oxygens (including phenoxy) is 2. The summed E-state index contributed by atoms with van der Waals surface area (Å²) in [5.41, 5.74) is 0. The number of carbonyl (C=O) groups excluding carboxylic acids is 1. The predicted molar refractivity (Wildman–Crippen MR) is 40.3 cm³/mol. The van der Waals surface area contributed by atoms with E-state index in [0.29, 0.717) is 0 Å². The Balaban J connectivity index is 2.68. The van der Waals surface area contributed by atoms with E-state index in [4.69, 9.17) is 0 Å². The Labute approximate surface area is 81.2 Å². The molecule has 1 aromatic rings. The normalized spacial score (nSPS) is 10.9. The van der Waals surface area contributed by atoms with Crippen molar-refractivity contribution >= 4 is 6.22 Å². The Morgan fingerprint density at radius 1 is 1.07 bits per heavy atom. The maximum Gasteiger partial charge on any atom is 0.573 e. The fraction of sp³-hybridized carbons (Fsp3) is 0.125. The summed E-state index contributed by atoms with van der Waals surface area (Å²) in [5, 5.41) is 0. The summed E-state index contributed by atoms with van der Waals surface area (Å²) < 4.78 is 54.2. The van der Waals surface area contributed by atoms with E-state index in [1.54, 1.807) is 0 Å². The molecule has 82 valence electrons. The lowest BCUT2D eigenvalue weighted by Gasteiger charge is -2.08. The molecule has 0 heterocycles. The molecule has 0 aliphatic carbocycles. The highest BCUT2D eigenvalue weighted by atomic mass is 19.4. The topological polar surface area (TPSA) is 35.5 Å². The molecule has 0 fully saturated rings. The summed E-state index contributed by atoms with van der Waals surface area (Å²) in [7, 11) is 0. The van der Waals surface area contributed by atoms with Crippen LogP contribution in [0.5, 0.6) is 11.5 Å². The third kappa shape index (κ3) is 4.30. The molecule has 0 unspecified atom stereocenters. The number of rotatable bonds is 2. The molecule has 1 aromatic carbocycles. The van der Waals surface area contributed by atoms with E-state index < -0.39 is 18.3 Å². The molecular weight excluding hydrogens is 220 g/mol. The van der Waals surface area contributed by atoms with Crippen LogP contribution in [0.25, 0.3) is 0 Å². The van der Waals surface area contributed by atoms with Crippen molar-refractivity contribution in [3.8, 4) is 11.5 Å². The quantitative estimate of drug-likeness (QED) is 0.572. The van der Waals surface area contributed by atoms with E-state index in [0.717, 1.165) is 24.3 Å². The highest BCUT2D eigenvalue weighted by molar-refractivity contribution is 5.62. The molecule has 0 aliphatic rings. The summed E-state index contributed by atoms with van der Waals surface area (Å²) >= 11 is 0. The van der Waals surface area contributed by atoms with Gasteiger partial charge in [0, 0.05) is 0 Å². The molecule has 0 amide bonds. The van der Waals surface area contributed by atoms with Crippen LogP contribution in [-0.4, -0.2) is 12.6 Å². The van der Waals surface area contributed by atoms with E-state index in [9.17, 15) is 22.4 Å². The van der Waals surface area contributed by atoms with Crippen molar-refractivity contribution in [2.45, 2.75) is 6.36 Å². The molecule has 0 atom stereocenters. The first-order valence-corrected chi connectivity index (χ1v) is 3.60. The number of carbonyl (C=O) groups is 1. The average molecular weight is 224 g/mol. The van der Waals surface area contributed by atoms with Gasteiger partial charge in [-0.3, -0.25) is 0 Å². The fourth-order valence-electron chi connectivity index (χ4n) is 0.802. The highest BCUT2D eigenvalue weighted by Crippen LogP contribution is 2.24. The Hall–Kier alpha value is -1.79. The lowest BCUT2D eigenvalue weighted by molar-refractivity contribution is -0.274. The number of hydrogen-bond donors (Lipinski definition) is 0. The second kappa shape index (κ2) is 4.16. The zero-order valence-corrected chi connectivity index (χ0v) is 7.05. The molecule has 0 spiro atoms. The van der Waals surface area contributed by atoms with E-state index in [-0.39, 0.29) is 5.75 Å². The van der Waals surface area contributed by atoms with Crippen LogP contribution in [0, 0.1) is 0 Å². The Morgan fingerprint density at radius 2 is 1.53 bits per heavy atom. The van der Waals surface area contributed by atoms with Crippen molar-refractivity contribution in [1.29, 1.82) is 0 Å². The highest BCUT2D eigenvalue weighted by Gasteiger charge is 2.30. The van der Waals surface area contributed by atoms with E-state index >= 15 is 0 Å². The van der Waals surface area contributed by atoms with E-state index in [2.05, 4.69) is 9.47 Å². The molecule has 0 N–H and O–H groups in total. The van der Waals surface area contributed by atoms with Gasteiger partial charge < -0.3 is 9.47 Å². The molecule has 0 aliphatic heterocycles. The minimum absolute atomic E-state index is 0.211. The molecule has 1 rings (SSSR count). The zero-order valence-electron chi connectivity index (χ0n) is 7.05. The van der Waals surface area contributed by atoms with Crippen LogP contribution in [-0.2, 0) is 0 Å². The number of alkyl halides is 3. The summed E-state index contributed by atoms with van der Waals surface area (Å²) in [5.74, 6) is -0.696. The molecule has 0 saturated heterocycles. The molecule has 15 heavy (non-hydrogen) atoms. The van der Waals surface area contributed by atoms with Crippen molar-refractivity contribution in [3.63, 3.8) is 0 Å². The third-order valence-corrected chi connectivity index (χ3v) is 1.26. The van der Waals surface area contributed by atoms with Crippen molar-refractivity contribution in [2.24, 2.45) is 0 Å². The summed E-state index contributed by atoms with van der Waals surface area (Å²) in [4.78, 5) is 9.83. The van der Waals surface area contributed by atoms with Crippen molar-refractivity contribution in [1.82, 2.24) is 0 Å². The van der Waals surface area contributed by atoms with E-state index in [1.165, 1.54) is 0 Å². The van der Waals surface area contributed by atoms with Gasteiger partial charge in [0.05, 0.1) is 0 Å². The first-order valence-electron chi connectivity index (χ1n) is 3.60. The predicted octanol–water partition coefficient (Wildman–Crippen LogP) is 3.05. The van der Waals surface area contributed by atoms with Gasteiger partial charge in [0.2, 0.25) is 0 Å². The fourth-order valence-corrected chi connectivity index (χ4v) is 0.802. The Kier molecular flexibility index (Phi) is 3.13. The van der Waals surface area contributed by atoms with Gasteiger partial charge in [-0.25, -0.2) is 4.79 Å². The SMILES string of the molecule is O=C(F)Oc1ccc(OC(F)(F)F)cc1. The molecule has 3 nitrogen and oxygen atoms in total. The Bertz CT molecular complexity index is 344. The summed E-state index contributed by atoms with van der Waals surface area (Å²) in [6.45, 7) is 0. The lowest BCUT2D eigenvalue weighted by Crippen LogP contribution is -2.16. The molecule has 0 bridgehead atoms. The van der Waals surface area contributed by atoms with Crippen molar-refractivity contribution < 1.29 is 31.8 Å². The molecule has 7 heteroatoms. The largest absolute Gasteiger partial charge is 0.573 e. The first-order chi connectivity index (χ1) is 6.87. The summed E-state index contributed by atoms with van der Waals surface area (Å²) in [6.07, 6.45) is -6.84. The maximum atomic E-state index is 11.7. The monoisotopic (exact) mass is 224 g/mol. The number of benzene rings is 1. The van der Waals surface area contributed by atoms with Gasteiger partial charge in [-0.1, -0.05) is 0 Å². The van der Waals surface area contributed by atoms with Gasteiger partial charge in [-0.05, 0) is 24.3 Å². The van der Waals surface area contributed by atoms with E-state index in [1.807, 2.05) is 0 Å². The Morgan fingerprint density at radius 3 is 1.93 bits per heavy atom.